The van der Waals surface area contributed by atoms with E-state index in [1.165, 1.54) is 17.7 Å². The van der Waals surface area contributed by atoms with Crippen LogP contribution in [0.3, 0.4) is 0 Å². The van der Waals surface area contributed by atoms with Crippen LogP contribution in [0.15, 0.2) is 42.6 Å². The van der Waals surface area contributed by atoms with Crippen molar-refractivity contribution >= 4 is 0 Å². The summed E-state index contributed by atoms with van der Waals surface area (Å²) >= 11 is 0. The average molecular weight is 241 g/mol. The van der Waals surface area contributed by atoms with Crippen molar-refractivity contribution in [2.75, 3.05) is 0 Å². The highest BCUT2D eigenvalue weighted by molar-refractivity contribution is 5.28. The van der Waals surface area contributed by atoms with E-state index in [0.717, 1.165) is 0 Å². The lowest BCUT2D eigenvalue weighted by molar-refractivity contribution is 0.522. The Labute approximate surface area is 108 Å². The van der Waals surface area contributed by atoms with Crippen molar-refractivity contribution in [3.05, 3.63) is 53.9 Å². The monoisotopic (exact) mass is 241 g/mol. The van der Waals surface area contributed by atoms with Crippen molar-refractivity contribution in [2.24, 2.45) is 7.05 Å². The molecule has 0 amide bonds. The van der Waals surface area contributed by atoms with Gasteiger partial charge in [0.15, 0.2) is 0 Å². The van der Waals surface area contributed by atoms with Crippen LogP contribution in [-0.2, 0) is 7.05 Å². The fraction of sp³-hybridized carbons (Fsp3) is 0.400. The van der Waals surface area contributed by atoms with Crippen molar-refractivity contribution in [3.63, 3.8) is 0 Å². The van der Waals surface area contributed by atoms with Gasteiger partial charge in [-0.05, 0) is 25.0 Å². The van der Waals surface area contributed by atoms with Crippen LogP contribution in [0.1, 0.15) is 36.6 Å². The van der Waals surface area contributed by atoms with E-state index in [9.17, 15) is 0 Å². The van der Waals surface area contributed by atoms with Crippen LogP contribution in [0, 0.1) is 0 Å². The standard InChI is InChI=1S/C15H19N3/c1-11(15-8-9-16-18(15)2)17-14-10-13(14)12-6-4-3-5-7-12/h3-9,11,13-14,17H,10H2,1-2H3. The maximum Gasteiger partial charge on any atom is 0.0547 e. The van der Waals surface area contributed by atoms with Crippen LogP contribution in [0.5, 0.6) is 0 Å². The predicted octanol–water partition coefficient (Wildman–Crippen LogP) is 2.63. The van der Waals surface area contributed by atoms with Crippen molar-refractivity contribution in [1.29, 1.82) is 0 Å². The van der Waals surface area contributed by atoms with Gasteiger partial charge in [0.25, 0.3) is 0 Å². The molecule has 0 radical (unpaired) electrons. The van der Waals surface area contributed by atoms with Gasteiger partial charge in [0.2, 0.25) is 0 Å². The summed E-state index contributed by atoms with van der Waals surface area (Å²) in [4.78, 5) is 0. The summed E-state index contributed by atoms with van der Waals surface area (Å²) < 4.78 is 1.94. The van der Waals surface area contributed by atoms with Gasteiger partial charge >= 0.3 is 0 Å². The lowest BCUT2D eigenvalue weighted by atomic mass is 10.1. The van der Waals surface area contributed by atoms with Gasteiger partial charge in [0.05, 0.1) is 5.69 Å². The molecule has 18 heavy (non-hydrogen) atoms. The molecule has 1 fully saturated rings. The summed E-state index contributed by atoms with van der Waals surface area (Å²) in [5, 5.41) is 7.90. The molecule has 0 aliphatic heterocycles. The minimum absolute atomic E-state index is 0.358. The highest BCUT2D eigenvalue weighted by Gasteiger charge is 2.39. The summed E-state index contributed by atoms with van der Waals surface area (Å²) in [5.41, 5.74) is 2.70. The van der Waals surface area contributed by atoms with Gasteiger partial charge in [-0.25, -0.2) is 0 Å². The molecule has 3 unspecified atom stereocenters. The maximum atomic E-state index is 4.22. The molecule has 0 saturated heterocycles. The summed E-state index contributed by atoms with van der Waals surface area (Å²) in [5.74, 6) is 0.682. The van der Waals surface area contributed by atoms with Crippen molar-refractivity contribution in [1.82, 2.24) is 15.1 Å². The quantitative estimate of drug-likeness (QED) is 0.891. The fourth-order valence-electron chi connectivity index (χ4n) is 2.66. The van der Waals surface area contributed by atoms with E-state index in [4.69, 9.17) is 0 Å². The fourth-order valence-corrected chi connectivity index (χ4v) is 2.66. The van der Waals surface area contributed by atoms with Crippen molar-refractivity contribution < 1.29 is 0 Å². The first-order chi connectivity index (χ1) is 8.75. The SMILES string of the molecule is CC(NC1CC1c1ccccc1)c1ccnn1C. The van der Waals surface area contributed by atoms with Crippen LogP contribution < -0.4 is 5.32 Å². The van der Waals surface area contributed by atoms with Gasteiger partial charge in [-0.2, -0.15) is 5.10 Å². The molecule has 1 aliphatic rings. The summed E-state index contributed by atoms with van der Waals surface area (Å²) in [6, 6.07) is 13.8. The van der Waals surface area contributed by atoms with Gasteiger partial charge in [-0.1, -0.05) is 30.3 Å². The predicted molar refractivity (Wildman–Crippen MR) is 72.3 cm³/mol. The molecule has 1 saturated carbocycles. The van der Waals surface area contributed by atoms with Gasteiger partial charge in [0.1, 0.15) is 0 Å². The molecule has 1 aromatic carbocycles. The molecule has 0 bridgehead atoms. The highest BCUT2D eigenvalue weighted by atomic mass is 15.3. The molecular weight excluding hydrogens is 222 g/mol. The Kier molecular flexibility index (Phi) is 2.92. The number of hydrogen-bond donors (Lipinski definition) is 1. The zero-order valence-corrected chi connectivity index (χ0v) is 10.9. The summed E-state index contributed by atoms with van der Waals surface area (Å²) in [6.07, 6.45) is 3.10. The Hall–Kier alpha value is -1.61. The van der Waals surface area contributed by atoms with E-state index in [1.807, 2.05) is 17.9 Å². The maximum absolute atomic E-state index is 4.22. The molecule has 3 rings (SSSR count). The van der Waals surface area contributed by atoms with Crippen molar-refractivity contribution in [2.45, 2.75) is 31.3 Å². The van der Waals surface area contributed by atoms with Gasteiger partial charge < -0.3 is 5.32 Å². The van der Waals surface area contributed by atoms with E-state index >= 15 is 0 Å². The molecule has 3 heteroatoms. The highest BCUT2D eigenvalue weighted by Crippen LogP contribution is 2.41. The van der Waals surface area contributed by atoms with Crippen LogP contribution in [0.4, 0.5) is 0 Å². The summed E-state index contributed by atoms with van der Waals surface area (Å²) in [7, 11) is 2.00. The number of nitrogens with one attached hydrogen (secondary N) is 1. The number of hydrogen-bond acceptors (Lipinski definition) is 2. The Morgan fingerprint density at radius 2 is 2.06 bits per heavy atom. The Morgan fingerprint density at radius 1 is 1.28 bits per heavy atom. The number of aromatic nitrogens is 2. The van der Waals surface area contributed by atoms with Crippen LogP contribution >= 0.6 is 0 Å². The van der Waals surface area contributed by atoms with Crippen LogP contribution in [0.2, 0.25) is 0 Å². The van der Waals surface area contributed by atoms with E-state index < -0.39 is 0 Å². The minimum Gasteiger partial charge on any atom is -0.305 e. The molecule has 0 spiro atoms. The van der Waals surface area contributed by atoms with E-state index in [2.05, 4.69) is 53.7 Å². The third kappa shape index (κ3) is 2.18. The zero-order valence-electron chi connectivity index (χ0n) is 10.9. The van der Waals surface area contributed by atoms with Gasteiger partial charge in [-0.15, -0.1) is 0 Å². The second-order valence-electron chi connectivity index (χ2n) is 5.13. The van der Waals surface area contributed by atoms with Gasteiger partial charge in [0, 0.05) is 31.2 Å². The largest absolute Gasteiger partial charge is 0.305 e. The van der Waals surface area contributed by atoms with Crippen LogP contribution in [0.25, 0.3) is 0 Å². The number of nitrogens with zero attached hydrogens (tertiary/aromatic N) is 2. The van der Waals surface area contributed by atoms with Crippen LogP contribution in [-0.4, -0.2) is 15.8 Å². The molecule has 1 aromatic heterocycles. The lowest BCUT2D eigenvalue weighted by Crippen LogP contribution is -2.24. The van der Waals surface area contributed by atoms with Crippen molar-refractivity contribution in [3.8, 4) is 0 Å². The first-order valence-corrected chi connectivity index (χ1v) is 6.54. The topological polar surface area (TPSA) is 29.9 Å². The molecule has 94 valence electrons. The second-order valence-corrected chi connectivity index (χ2v) is 5.13. The van der Waals surface area contributed by atoms with E-state index in [0.29, 0.717) is 18.0 Å². The van der Waals surface area contributed by atoms with E-state index in [-0.39, 0.29) is 0 Å². The first-order valence-electron chi connectivity index (χ1n) is 6.54. The smallest absolute Gasteiger partial charge is 0.0547 e. The number of aryl methyl sites for hydroxylation is 1. The molecule has 1 aliphatic carbocycles. The molecular formula is C15H19N3. The van der Waals surface area contributed by atoms with Gasteiger partial charge in [-0.3, -0.25) is 4.68 Å². The third-order valence-electron chi connectivity index (χ3n) is 3.78. The molecule has 3 nitrogen and oxygen atoms in total. The molecule has 1 heterocycles. The number of benzene rings is 1. The third-order valence-corrected chi connectivity index (χ3v) is 3.78. The Morgan fingerprint density at radius 3 is 2.72 bits per heavy atom. The summed E-state index contributed by atoms with van der Waals surface area (Å²) in [6.45, 7) is 2.21. The Balaban J connectivity index is 1.62. The average Bonchev–Trinajstić information content (AvgIpc) is 3.01. The second kappa shape index (κ2) is 4.58. The normalized spacial score (nSPS) is 23.9. The van der Waals surface area contributed by atoms with E-state index in [1.54, 1.807) is 0 Å². The first kappa shape index (κ1) is 11.5. The number of rotatable bonds is 4. The minimum atomic E-state index is 0.358. The molecule has 1 N–H and O–H groups in total. The Bertz CT molecular complexity index is 518. The molecule has 3 atom stereocenters. The molecule has 2 aromatic rings. The lowest BCUT2D eigenvalue weighted by Gasteiger charge is -2.14. The zero-order chi connectivity index (χ0) is 12.5.